The number of nitrogens with two attached hydrogens (primary N) is 1. The molecular weight excluding hydrogens is 153 g/mol. The molecule has 0 aliphatic carbocycles. The summed E-state index contributed by atoms with van der Waals surface area (Å²) in [6.45, 7) is 0. The van der Waals surface area contributed by atoms with Crippen LogP contribution in [-0.4, -0.2) is 7.12 Å². The van der Waals surface area contributed by atoms with Gasteiger partial charge >= 0.3 is 7.12 Å². The normalized spacial score (nSPS) is 14.2. The largest absolute Gasteiger partial charge is 0.632 e. The van der Waals surface area contributed by atoms with E-state index in [2.05, 4.69) is 0 Å². The average Bonchev–Trinajstić information content (AvgIpc) is 2.56. The van der Waals surface area contributed by atoms with Gasteiger partial charge in [0.1, 0.15) is 0 Å². The van der Waals surface area contributed by atoms with Gasteiger partial charge in [-0.1, -0.05) is 12.1 Å². The molecule has 1 aromatic carbocycles. The van der Waals surface area contributed by atoms with Gasteiger partial charge in [0.2, 0.25) is 0 Å². The minimum Gasteiger partial charge on any atom is -0.525 e. The van der Waals surface area contributed by atoms with E-state index in [1.165, 1.54) is 12.5 Å². The van der Waals surface area contributed by atoms with Crippen molar-refractivity contribution in [2.75, 3.05) is 5.73 Å². The van der Waals surface area contributed by atoms with E-state index in [-0.39, 0.29) is 7.12 Å². The van der Waals surface area contributed by atoms with Crippen molar-refractivity contribution in [3.05, 3.63) is 36.8 Å². The summed E-state index contributed by atoms with van der Waals surface area (Å²) >= 11 is 0. The van der Waals surface area contributed by atoms with Crippen molar-refractivity contribution in [1.82, 2.24) is 0 Å². The number of hydrogen-bond acceptors (Lipinski definition) is 3. The van der Waals surface area contributed by atoms with Crippen molar-refractivity contribution in [2.24, 2.45) is 0 Å². The molecule has 0 spiro atoms. The molecule has 1 aliphatic heterocycles. The molecule has 1 aliphatic rings. The van der Waals surface area contributed by atoms with E-state index in [4.69, 9.17) is 15.0 Å². The van der Waals surface area contributed by atoms with Crippen LogP contribution in [0.1, 0.15) is 0 Å². The van der Waals surface area contributed by atoms with Crippen molar-refractivity contribution in [3.8, 4) is 0 Å². The Labute approximate surface area is 70.9 Å². The van der Waals surface area contributed by atoms with E-state index in [0.29, 0.717) is 5.69 Å². The lowest BCUT2D eigenvalue weighted by Crippen LogP contribution is -2.31. The van der Waals surface area contributed by atoms with Crippen LogP contribution in [-0.2, 0) is 9.31 Å². The summed E-state index contributed by atoms with van der Waals surface area (Å²) in [4.78, 5) is 0. The van der Waals surface area contributed by atoms with Gasteiger partial charge in [0.25, 0.3) is 0 Å². The highest BCUT2D eigenvalue weighted by molar-refractivity contribution is 6.62. The van der Waals surface area contributed by atoms with Crippen LogP contribution in [0.25, 0.3) is 0 Å². The molecule has 12 heavy (non-hydrogen) atoms. The van der Waals surface area contributed by atoms with Gasteiger partial charge in [-0.15, -0.1) is 0 Å². The van der Waals surface area contributed by atoms with Gasteiger partial charge in [-0.05, 0) is 12.1 Å². The predicted molar refractivity (Wildman–Crippen MR) is 47.6 cm³/mol. The second-order valence-corrected chi connectivity index (χ2v) is 2.55. The first-order valence-electron chi connectivity index (χ1n) is 3.67. The Morgan fingerprint density at radius 3 is 2.58 bits per heavy atom. The maximum absolute atomic E-state index is 5.59. The molecule has 1 aromatic rings. The third kappa shape index (κ3) is 1.23. The summed E-state index contributed by atoms with van der Waals surface area (Å²) < 4.78 is 10.3. The zero-order valence-corrected chi connectivity index (χ0v) is 6.44. The van der Waals surface area contributed by atoms with Crippen LogP contribution in [0.4, 0.5) is 5.69 Å². The van der Waals surface area contributed by atoms with Gasteiger partial charge in [0, 0.05) is 11.2 Å². The minimum atomic E-state index is -0.325. The first-order valence-corrected chi connectivity index (χ1v) is 3.67. The van der Waals surface area contributed by atoms with Gasteiger partial charge in [-0.25, -0.2) is 0 Å². The van der Waals surface area contributed by atoms with Crippen molar-refractivity contribution >= 4 is 18.3 Å². The lowest BCUT2D eigenvalue weighted by atomic mass is 9.79. The van der Waals surface area contributed by atoms with E-state index in [0.717, 1.165) is 5.46 Å². The zero-order chi connectivity index (χ0) is 8.39. The Morgan fingerprint density at radius 1 is 1.17 bits per heavy atom. The topological polar surface area (TPSA) is 44.5 Å². The Bertz CT molecular complexity index is 306. The molecule has 2 N–H and O–H groups in total. The van der Waals surface area contributed by atoms with Crippen LogP contribution in [0, 0.1) is 0 Å². The fraction of sp³-hybridized carbons (Fsp3) is 0. The molecule has 2 rings (SSSR count). The summed E-state index contributed by atoms with van der Waals surface area (Å²) in [5, 5.41) is 0. The van der Waals surface area contributed by atoms with Gasteiger partial charge in [0.15, 0.2) is 0 Å². The fourth-order valence-electron chi connectivity index (χ4n) is 1.10. The summed E-state index contributed by atoms with van der Waals surface area (Å²) in [7, 11) is -0.325. The standard InChI is InChI=1S/C8H8BNO2/c10-8-3-1-2-7(6-8)9-11-4-5-12-9/h1-6H,10H2. The quantitative estimate of drug-likeness (QED) is 0.481. The number of rotatable bonds is 1. The predicted octanol–water partition coefficient (Wildman–Crippen LogP) is 0.482. The van der Waals surface area contributed by atoms with Crippen molar-refractivity contribution < 1.29 is 9.31 Å². The molecule has 0 atom stereocenters. The molecule has 0 saturated heterocycles. The summed E-state index contributed by atoms with van der Waals surface area (Å²) in [6.07, 6.45) is 3.04. The lowest BCUT2D eigenvalue weighted by molar-refractivity contribution is 0.423. The van der Waals surface area contributed by atoms with Gasteiger partial charge < -0.3 is 15.0 Å². The molecule has 3 nitrogen and oxygen atoms in total. The average molecular weight is 161 g/mol. The zero-order valence-electron chi connectivity index (χ0n) is 6.44. The molecule has 0 saturated carbocycles. The second-order valence-electron chi connectivity index (χ2n) is 2.55. The molecule has 4 heteroatoms. The third-order valence-corrected chi connectivity index (χ3v) is 1.64. The third-order valence-electron chi connectivity index (χ3n) is 1.64. The molecule has 0 unspecified atom stereocenters. The number of nitrogen functional groups attached to an aromatic ring is 1. The Morgan fingerprint density at radius 2 is 1.92 bits per heavy atom. The van der Waals surface area contributed by atoms with E-state index >= 15 is 0 Å². The van der Waals surface area contributed by atoms with Crippen LogP contribution >= 0.6 is 0 Å². The van der Waals surface area contributed by atoms with E-state index in [9.17, 15) is 0 Å². The van der Waals surface area contributed by atoms with Crippen molar-refractivity contribution in [1.29, 1.82) is 0 Å². The molecule has 0 fully saturated rings. The van der Waals surface area contributed by atoms with Crippen molar-refractivity contribution in [2.45, 2.75) is 0 Å². The second kappa shape index (κ2) is 2.81. The van der Waals surface area contributed by atoms with Crippen LogP contribution < -0.4 is 11.2 Å². The van der Waals surface area contributed by atoms with E-state index in [1.807, 2.05) is 24.3 Å². The number of anilines is 1. The van der Waals surface area contributed by atoms with Gasteiger partial charge in [-0.2, -0.15) is 0 Å². The van der Waals surface area contributed by atoms with E-state index < -0.39 is 0 Å². The van der Waals surface area contributed by atoms with Gasteiger partial charge in [-0.3, -0.25) is 0 Å². The monoisotopic (exact) mass is 161 g/mol. The smallest absolute Gasteiger partial charge is 0.525 e. The SMILES string of the molecule is Nc1cccc(B2OC=CO2)c1. The Hall–Kier alpha value is -1.58. The van der Waals surface area contributed by atoms with E-state index in [1.54, 1.807) is 0 Å². The number of hydrogen-bond donors (Lipinski definition) is 1. The highest BCUT2D eigenvalue weighted by atomic mass is 16.6. The summed E-state index contributed by atoms with van der Waals surface area (Å²) in [6, 6.07) is 7.44. The van der Waals surface area contributed by atoms with Crippen LogP contribution in [0.3, 0.4) is 0 Å². The highest BCUT2D eigenvalue weighted by Gasteiger charge is 2.26. The molecule has 60 valence electrons. The van der Waals surface area contributed by atoms with Crippen LogP contribution in [0.15, 0.2) is 36.8 Å². The van der Waals surface area contributed by atoms with Crippen LogP contribution in [0.2, 0.25) is 0 Å². The Kier molecular flexibility index (Phi) is 1.66. The molecule has 0 amide bonds. The summed E-state index contributed by atoms with van der Waals surface area (Å²) in [5.74, 6) is 0. The fourth-order valence-corrected chi connectivity index (χ4v) is 1.10. The highest BCUT2D eigenvalue weighted by Crippen LogP contribution is 2.04. The molecular formula is C8H8BNO2. The molecule has 0 bridgehead atoms. The first kappa shape index (κ1) is 7.09. The first-order chi connectivity index (χ1) is 5.86. The Balaban J connectivity index is 2.22. The summed E-state index contributed by atoms with van der Waals surface area (Å²) in [5.41, 5.74) is 7.24. The maximum atomic E-state index is 5.59. The van der Waals surface area contributed by atoms with Crippen molar-refractivity contribution in [3.63, 3.8) is 0 Å². The van der Waals surface area contributed by atoms with Gasteiger partial charge in [0.05, 0.1) is 12.5 Å². The maximum Gasteiger partial charge on any atom is 0.632 e. The van der Waals surface area contributed by atoms with Crippen LogP contribution in [0.5, 0.6) is 0 Å². The lowest BCUT2D eigenvalue weighted by Gasteiger charge is -2.04. The minimum absolute atomic E-state index is 0.325. The molecule has 0 aromatic heterocycles. The molecule has 1 heterocycles. The number of benzene rings is 1. The molecule has 0 radical (unpaired) electrons.